The Morgan fingerprint density at radius 2 is 1.89 bits per heavy atom. The van der Waals surface area contributed by atoms with Crippen LogP contribution in [0.4, 0.5) is 0 Å². The second-order valence-electron chi connectivity index (χ2n) is 8.17. The van der Waals surface area contributed by atoms with E-state index in [1.165, 1.54) is 12.8 Å². The van der Waals surface area contributed by atoms with Gasteiger partial charge in [0, 0.05) is 5.56 Å². The Bertz CT molecular complexity index is 777. The van der Waals surface area contributed by atoms with Gasteiger partial charge in [0.15, 0.2) is 0 Å². The van der Waals surface area contributed by atoms with Crippen molar-refractivity contribution in [1.82, 2.24) is 0 Å². The van der Waals surface area contributed by atoms with Gasteiger partial charge in [-0.3, -0.25) is 4.79 Å². The molecule has 27 heavy (non-hydrogen) atoms. The summed E-state index contributed by atoms with van der Waals surface area (Å²) in [6.45, 7) is 6.87. The SMILES string of the molecule is CCC(CC(C)C)(C(=O)O)c1ccc(OCC2CC2)c(-c2ccccc2)c1. The Kier molecular flexibility index (Phi) is 5.88. The van der Waals surface area contributed by atoms with Gasteiger partial charge in [-0.1, -0.05) is 57.2 Å². The third-order valence-electron chi connectivity index (χ3n) is 5.56. The first-order valence-corrected chi connectivity index (χ1v) is 10.0. The molecule has 1 N–H and O–H groups in total. The molecule has 3 rings (SSSR count). The van der Waals surface area contributed by atoms with Crippen molar-refractivity contribution in [3.63, 3.8) is 0 Å². The van der Waals surface area contributed by atoms with Crippen LogP contribution < -0.4 is 4.74 Å². The molecule has 2 aromatic rings. The lowest BCUT2D eigenvalue weighted by Crippen LogP contribution is -2.36. The molecule has 0 spiro atoms. The number of ether oxygens (including phenoxy) is 1. The van der Waals surface area contributed by atoms with Crippen LogP contribution in [0.5, 0.6) is 5.75 Å². The average Bonchev–Trinajstić information content (AvgIpc) is 3.49. The maximum Gasteiger partial charge on any atom is 0.314 e. The standard InChI is InChI=1S/C24H30O3/c1-4-24(23(25)26,15-17(2)3)20-12-13-22(27-16-18-10-11-18)21(14-20)19-8-6-5-7-9-19/h5-9,12-14,17-18H,4,10-11,15-16H2,1-3H3,(H,25,26). The van der Waals surface area contributed by atoms with E-state index in [0.29, 0.717) is 24.7 Å². The van der Waals surface area contributed by atoms with Crippen molar-refractivity contribution < 1.29 is 14.6 Å². The summed E-state index contributed by atoms with van der Waals surface area (Å²) in [5.41, 5.74) is 2.04. The molecule has 0 aromatic heterocycles. The number of rotatable bonds is 9. The van der Waals surface area contributed by atoms with E-state index in [-0.39, 0.29) is 0 Å². The fourth-order valence-corrected chi connectivity index (χ4v) is 3.81. The van der Waals surface area contributed by atoms with Gasteiger partial charge in [-0.05, 0) is 60.8 Å². The summed E-state index contributed by atoms with van der Waals surface area (Å²) in [6, 6.07) is 16.1. The monoisotopic (exact) mass is 366 g/mol. The lowest BCUT2D eigenvalue weighted by Gasteiger charge is -2.31. The summed E-state index contributed by atoms with van der Waals surface area (Å²) in [4.78, 5) is 12.3. The van der Waals surface area contributed by atoms with Gasteiger partial charge in [0.1, 0.15) is 5.75 Å². The van der Waals surface area contributed by atoms with Crippen LogP contribution in [0, 0.1) is 11.8 Å². The summed E-state index contributed by atoms with van der Waals surface area (Å²) < 4.78 is 6.11. The molecule has 0 radical (unpaired) electrons. The second-order valence-corrected chi connectivity index (χ2v) is 8.17. The van der Waals surface area contributed by atoms with Gasteiger partial charge in [-0.25, -0.2) is 0 Å². The number of hydrogen-bond acceptors (Lipinski definition) is 2. The molecule has 0 bridgehead atoms. The number of carboxylic acids is 1. The Balaban J connectivity index is 2.06. The molecule has 2 aromatic carbocycles. The summed E-state index contributed by atoms with van der Waals surface area (Å²) >= 11 is 0. The molecular weight excluding hydrogens is 336 g/mol. The minimum Gasteiger partial charge on any atom is -0.493 e. The zero-order chi connectivity index (χ0) is 19.4. The van der Waals surface area contributed by atoms with Gasteiger partial charge >= 0.3 is 5.97 Å². The van der Waals surface area contributed by atoms with E-state index in [4.69, 9.17) is 4.74 Å². The molecule has 3 nitrogen and oxygen atoms in total. The maximum atomic E-state index is 12.3. The van der Waals surface area contributed by atoms with Crippen LogP contribution in [0.25, 0.3) is 11.1 Å². The molecule has 0 amide bonds. The fourth-order valence-electron chi connectivity index (χ4n) is 3.81. The molecule has 1 unspecified atom stereocenters. The highest BCUT2D eigenvalue weighted by Gasteiger charge is 2.39. The maximum absolute atomic E-state index is 12.3. The quantitative estimate of drug-likeness (QED) is 0.599. The number of carbonyl (C=O) groups is 1. The van der Waals surface area contributed by atoms with Gasteiger partial charge in [-0.2, -0.15) is 0 Å². The van der Waals surface area contributed by atoms with E-state index < -0.39 is 11.4 Å². The number of hydrogen-bond donors (Lipinski definition) is 1. The summed E-state index contributed by atoms with van der Waals surface area (Å²) in [7, 11) is 0. The van der Waals surface area contributed by atoms with Crippen molar-refractivity contribution in [1.29, 1.82) is 0 Å². The van der Waals surface area contributed by atoms with E-state index in [9.17, 15) is 9.90 Å². The summed E-state index contributed by atoms with van der Waals surface area (Å²) in [6.07, 6.45) is 3.67. The predicted octanol–water partition coefficient (Wildman–Crippen LogP) is 5.92. The van der Waals surface area contributed by atoms with Crippen molar-refractivity contribution in [3.8, 4) is 16.9 Å². The van der Waals surface area contributed by atoms with Gasteiger partial charge in [0.05, 0.1) is 12.0 Å². The van der Waals surface area contributed by atoms with Crippen LogP contribution in [0.2, 0.25) is 0 Å². The molecular formula is C24H30O3. The van der Waals surface area contributed by atoms with Crippen LogP contribution in [-0.2, 0) is 10.2 Å². The molecule has 0 heterocycles. The van der Waals surface area contributed by atoms with Crippen LogP contribution in [0.3, 0.4) is 0 Å². The zero-order valence-corrected chi connectivity index (χ0v) is 16.6. The summed E-state index contributed by atoms with van der Waals surface area (Å²) in [5, 5.41) is 10.1. The van der Waals surface area contributed by atoms with E-state index in [1.54, 1.807) is 0 Å². The van der Waals surface area contributed by atoms with Gasteiger partial charge in [0.25, 0.3) is 0 Å². The van der Waals surface area contributed by atoms with Crippen LogP contribution in [-0.4, -0.2) is 17.7 Å². The predicted molar refractivity (Wildman–Crippen MR) is 109 cm³/mol. The zero-order valence-electron chi connectivity index (χ0n) is 16.6. The summed E-state index contributed by atoms with van der Waals surface area (Å²) in [5.74, 6) is 1.07. The van der Waals surface area contributed by atoms with Crippen LogP contribution >= 0.6 is 0 Å². The Morgan fingerprint density at radius 3 is 2.44 bits per heavy atom. The highest BCUT2D eigenvalue weighted by Crippen LogP contribution is 2.40. The normalized spacial score (nSPS) is 16.1. The third kappa shape index (κ3) is 4.35. The lowest BCUT2D eigenvalue weighted by atomic mass is 9.72. The number of benzene rings is 2. The van der Waals surface area contributed by atoms with Crippen LogP contribution in [0.15, 0.2) is 48.5 Å². The first-order valence-electron chi connectivity index (χ1n) is 10.0. The van der Waals surface area contributed by atoms with Crippen molar-refractivity contribution in [2.24, 2.45) is 11.8 Å². The van der Waals surface area contributed by atoms with E-state index in [1.807, 2.05) is 43.3 Å². The van der Waals surface area contributed by atoms with Crippen LogP contribution in [0.1, 0.15) is 52.0 Å². The van der Waals surface area contributed by atoms with Crippen molar-refractivity contribution in [3.05, 3.63) is 54.1 Å². The molecule has 1 atom stereocenters. The smallest absolute Gasteiger partial charge is 0.314 e. The fraction of sp³-hybridized carbons (Fsp3) is 0.458. The molecule has 1 saturated carbocycles. The highest BCUT2D eigenvalue weighted by atomic mass is 16.5. The number of aliphatic carboxylic acids is 1. The van der Waals surface area contributed by atoms with Crippen molar-refractivity contribution in [2.75, 3.05) is 6.61 Å². The van der Waals surface area contributed by atoms with Gasteiger partial charge < -0.3 is 9.84 Å². The van der Waals surface area contributed by atoms with E-state index in [0.717, 1.165) is 29.0 Å². The second kappa shape index (κ2) is 8.16. The highest BCUT2D eigenvalue weighted by molar-refractivity contribution is 5.83. The van der Waals surface area contributed by atoms with E-state index >= 15 is 0 Å². The third-order valence-corrected chi connectivity index (χ3v) is 5.56. The molecule has 1 aliphatic carbocycles. The van der Waals surface area contributed by atoms with Crippen molar-refractivity contribution in [2.45, 2.75) is 51.9 Å². The largest absolute Gasteiger partial charge is 0.493 e. The molecule has 1 aliphatic rings. The average molecular weight is 367 g/mol. The Morgan fingerprint density at radius 1 is 1.19 bits per heavy atom. The Labute approximate surface area is 162 Å². The van der Waals surface area contributed by atoms with E-state index in [2.05, 4.69) is 26.0 Å². The molecule has 144 valence electrons. The minimum atomic E-state index is -0.868. The number of carboxylic acid groups (broad SMARTS) is 1. The molecule has 0 aliphatic heterocycles. The first kappa shape index (κ1) is 19.5. The molecule has 3 heteroatoms. The van der Waals surface area contributed by atoms with Gasteiger partial charge in [-0.15, -0.1) is 0 Å². The minimum absolute atomic E-state index is 0.298. The first-order chi connectivity index (χ1) is 13.0. The molecule has 0 saturated heterocycles. The lowest BCUT2D eigenvalue weighted by molar-refractivity contribution is -0.144. The Hall–Kier alpha value is -2.29. The molecule has 1 fully saturated rings. The van der Waals surface area contributed by atoms with Crippen molar-refractivity contribution >= 4 is 5.97 Å². The van der Waals surface area contributed by atoms with Gasteiger partial charge in [0.2, 0.25) is 0 Å². The topological polar surface area (TPSA) is 46.5 Å².